The van der Waals surface area contributed by atoms with Crippen molar-refractivity contribution in [2.45, 2.75) is 128 Å². The predicted molar refractivity (Wildman–Crippen MR) is 127 cm³/mol. The van der Waals surface area contributed by atoms with E-state index in [9.17, 15) is 0 Å². The van der Waals surface area contributed by atoms with Gasteiger partial charge in [-0.2, -0.15) is 0 Å². The Morgan fingerprint density at radius 3 is 1.00 bits per heavy atom. The van der Waals surface area contributed by atoms with E-state index in [0.717, 1.165) is 19.4 Å². The van der Waals surface area contributed by atoms with Crippen molar-refractivity contribution in [1.29, 1.82) is 0 Å². The molecule has 30 heavy (non-hydrogen) atoms. The molecule has 0 atom stereocenters. The minimum absolute atomic E-state index is 0.180. The Hall–Kier alpha value is -0.200. The van der Waals surface area contributed by atoms with Crippen molar-refractivity contribution in [3.8, 4) is 0 Å². The van der Waals surface area contributed by atoms with E-state index >= 15 is 0 Å². The maximum atomic E-state index is 9.00. The van der Waals surface area contributed by atoms with E-state index in [0.29, 0.717) is 19.5 Å². The summed E-state index contributed by atoms with van der Waals surface area (Å²) in [5.74, 6) is 0. The summed E-state index contributed by atoms with van der Waals surface area (Å²) in [6, 6.07) is 0. The Morgan fingerprint density at radius 2 is 0.700 bits per heavy atom. The van der Waals surface area contributed by atoms with E-state index in [1.54, 1.807) is 0 Å². The van der Waals surface area contributed by atoms with Gasteiger partial charge in [0.25, 0.3) is 0 Å². The van der Waals surface area contributed by atoms with E-state index in [2.05, 4.69) is 4.90 Å². The van der Waals surface area contributed by atoms with Crippen molar-refractivity contribution < 1.29 is 20.4 Å². The second kappa shape index (κ2) is 25.1. The molecule has 0 fully saturated rings. The normalized spacial score (nSPS) is 11.8. The summed E-state index contributed by atoms with van der Waals surface area (Å²) in [6.45, 7) is 2.72. The van der Waals surface area contributed by atoms with Gasteiger partial charge in [0.05, 0.1) is 13.2 Å². The van der Waals surface area contributed by atoms with Crippen LogP contribution >= 0.6 is 0 Å². The molecule has 0 aliphatic carbocycles. The number of rotatable bonds is 25. The van der Waals surface area contributed by atoms with Gasteiger partial charge in [0.1, 0.15) is 0 Å². The van der Waals surface area contributed by atoms with Crippen molar-refractivity contribution >= 4 is 0 Å². The fourth-order valence-corrected chi connectivity index (χ4v) is 4.11. The first-order valence-corrected chi connectivity index (χ1v) is 13.0. The Morgan fingerprint density at radius 1 is 0.400 bits per heavy atom. The van der Waals surface area contributed by atoms with E-state index < -0.39 is 6.29 Å². The molecule has 0 heterocycles. The third kappa shape index (κ3) is 24.1. The van der Waals surface area contributed by atoms with Crippen LogP contribution in [0.1, 0.15) is 122 Å². The highest BCUT2D eigenvalue weighted by molar-refractivity contribution is 4.57. The number of aliphatic hydroxyl groups is 4. The largest absolute Gasteiger partial charge is 0.395 e. The number of hydrogen-bond donors (Lipinski definition) is 4. The molecule has 0 radical (unpaired) electrons. The van der Waals surface area contributed by atoms with Crippen LogP contribution in [0.3, 0.4) is 0 Å². The Labute approximate surface area is 186 Å². The standard InChI is InChI=1S/C25H53NO4/c27-23-21-26(22-24-28)20-18-16-14-12-10-8-6-4-2-1-3-5-7-9-11-13-15-17-19-25(29)30/h25,27-30H,1-24H2. The van der Waals surface area contributed by atoms with Crippen molar-refractivity contribution in [2.75, 3.05) is 32.8 Å². The Bertz CT molecular complexity index is 310. The monoisotopic (exact) mass is 431 g/mol. The minimum Gasteiger partial charge on any atom is -0.395 e. The van der Waals surface area contributed by atoms with Crippen LogP contribution in [-0.2, 0) is 0 Å². The third-order valence-electron chi connectivity index (χ3n) is 6.02. The predicted octanol–water partition coefficient (Wildman–Crippen LogP) is 5.00. The van der Waals surface area contributed by atoms with Crippen molar-refractivity contribution in [2.24, 2.45) is 0 Å². The lowest BCUT2D eigenvalue weighted by Gasteiger charge is -2.19. The number of unbranched alkanes of at least 4 members (excludes halogenated alkanes) is 17. The number of nitrogens with zero attached hydrogens (tertiary/aromatic N) is 1. The topological polar surface area (TPSA) is 84.2 Å². The first kappa shape index (κ1) is 29.8. The number of aliphatic hydroxyl groups excluding tert-OH is 3. The molecule has 0 saturated carbocycles. The second-order valence-corrected chi connectivity index (χ2v) is 8.92. The van der Waals surface area contributed by atoms with Crippen LogP contribution in [0.2, 0.25) is 0 Å². The molecule has 0 spiro atoms. The number of hydrogen-bond acceptors (Lipinski definition) is 5. The average molecular weight is 432 g/mol. The van der Waals surface area contributed by atoms with Crippen LogP contribution in [0.5, 0.6) is 0 Å². The lowest BCUT2D eigenvalue weighted by Crippen LogP contribution is -2.30. The fraction of sp³-hybridized carbons (Fsp3) is 1.00. The molecule has 0 bridgehead atoms. The molecular weight excluding hydrogens is 378 g/mol. The Balaban J connectivity index is 3.13. The van der Waals surface area contributed by atoms with Crippen LogP contribution in [0.15, 0.2) is 0 Å². The summed E-state index contributed by atoms with van der Waals surface area (Å²) in [7, 11) is 0. The van der Waals surface area contributed by atoms with Crippen LogP contribution < -0.4 is 0 Å². The van der Waals surface area contributed by atoms with E-state index in [-0.39, 0.29) is 13.2 Å². The maximum absolute atomic E-state index is 9.00. The molecule has 0 unspecified atom stereocenters. The summed E-state index contributed by atoms with van der Waals surface area (Å²) < 4.78 is 0. The summed E-state index contributed by atoms with van der Waals surface area (Å²) >= 11 is 0. The maximum Gasteiger partial charge on any atom is 0.151 e. The minimum atomic E-state index is -1.12. The summed E-state index contributed by atoms with van der Waals surface area (Å²) in [4.78, 5) is 2.15. The molecule has 0 saturated heterocycles. The third-order valence-corrected chi connectivity index (χ3v) is 6.02. The Kier molecular flexibility index (Phi) is 24.9. The average Bonchev–Trinajstić information content (AvgIpc) is 2.72. The molecule has 0 aliphatic rings. The van der Waals surface area contributed by atoms with Crippen LogP contribution in [-0.4, -0.2) is 64.5 Å². The quantitative estimate of drug-likeness (QED) is 0.121. The molecule has 0 rings (SSSR count). The highest BCUT2D eigenvalue weighted by Gasteiger charge is 2.02. The molecular formula is C25H53NO4. The second-order valence-electron chi connectivity index (χ2n) is 8.92. The van der Waals surface area contributed by atoms with Gasteiger partial charge in [-0.25, -0.2) is 0 Å². The van der Waals surface area contributed by atoms with E-state index in [1.807, 2.05) is 0 Å². The van der Waals surface area contributed by atoms with Gasteiger partial charge < -0.3 is 20.4 Å². The van der Waals surface area contributed by atoms with Gasteiger partial charge in [0.15, 0.2) is 6.29 Å². The molecule has 0 aromatic heterocycles. The SMILES string of the molecule is OCCN(CCO)CCCCCCCCCCCCCCCCCCCCC(O)O. The van der Waals surface area contributed by atoms with Crippen molar-refractivity contribution in [3.63, 3.8) is 0 Å². The van der Waals surface area contributed by atoms with E-state index in [4.69, 9.17) is 20.4 Å². The van der Waals surface area contributed by atoms with Gasteiger partial charge in [-0.3, -0.25) is 4.90 Å². The van der Waals surface area contributed by atoms with Gasteiger partial charge in [-0.1, -0.05) is 103 Å². The summed E-state index contributed by atoms with van der Waals surface area (Å²) in [5, 5.41) is 35.6. The lowest BCUT2D eigenvalue weighted by atomic mass is 10.0. The van der Waals surface area contributed by atoms with Crippen LogP contribution in [0.25, 0.3) is 0 Å². The molecule has 0 aromatic rings. The summed E-state index contributed by atoms with van der Waals surface area (Å²) in [5.41, 5.74) is 0. The molecule has 182 valence electrons. The fourth-order valence-electron chi connectivity index (χ4n) is 4.11. The molecule has 0 aromatic carbocycles. The highest BCUT2D eigenvalue weighted by Crippen LogP contribution is 2.14. The van der Waals surface area contributed by atoms with Gasteiger partial charge >= 0.3 is 0 Å². The van der Waals surface area contributed by atoms with Crippen LogP contribution in [0.4, 0.5) is 0 Å². The van der Waals surface area contributed by atoms with Gasteiger partial charge in [-0.15, -0.1) is 0 Å². The van der Waals surface area contributed by atoms with Gasteiger partial charge in [-0.05, 0) is 25.8 Å². The molecule has 0 aliphatic heterocycles. The smallest absolute Gasteiger partial charge is 0.151 e. The summed E-state index contributed by atoms with van der Waals surface area (Å²) in [6.07, 6.45) is 22.9. The van der Waals surface area contributed by atoms with Crippen LogP contribution in [0, 0.1) is 0 Å². The first-order valence-electron chi connectivity index (χ1n) is 13.0. The van der Waals surface area contributed by atoms with Crippen molar-refractivity contribution in [3.05, 3.63) is 0 Å². The molecule has 5 nitrogen and oxygen atoms in total. The highest BCUT2D eigenvalue weighted by atomic mass is 16.5. The van der Waals surface area contributed by atoms with E-state index in [1.165, 1.54) is 103 Å². The van der Waals surface area contributed by atoms with Crippen molar-refractivity contribution in [1.82, 2.24) is 4.90 Å². The zero-order valence-electron chi connectivity index (χ0n) is 19.8. The zero-order chi connectivity index (χ0) is 22.1. The molecule has 4 N–H and O–H groups in total. The lowest BCUT2D eigenvalue weighted by molar-refractivity contribution is -0.0466. The van der Waals surface area contributed by atoms with Gasteiger partial charge in [0.2, 0.25) is 0 Å². The zero-order valence-corrected chi connectivity index (χ0v) is 19.8. The first-order chi connectivity index (χ1) is 14.7. The van der Waals surface area contributed by atoms with Gasteiger partial charge in [0, 0.05) is 13.1 Å². The molecule has 0 amide bonds. The molecule has 5 heteroatoms.